The molecular formula is C20H26ClN3O3S. The lowest BCUT2D eigenvalue weighted by molar-refractivity contribution is -0.117. The van der Waals surface area contributed by atoms with Crippen LogP contribution in [0.15, 0.2) is 53.4 Å². The summed E-state index contributed by atoms with van der Waals surface area (Å²) in [6, 6.07) is 13.5. The zero-order chi connectivity index (χ0) is 20.9. The minimum atomic E-state index is -3.54. The molecule has 0 aromatic heterocycles. The lowest BCUT2D eigenvalue weighted by atomic mass is 10.2. The number of benzene rings is 2. The summed E-state index contributed by atoms with van der Waals surface area (Å²) in [7, 11) is -0.147. The van der Waals surface area contributed by atoms with Gasteiger partial charge < -0.3 is 5.32 Å². The maximum absolute atomic E-state index is 12.5. The van der Waals surface area contributed by atoms with Crippen LogP contribution >= 0.6 is 11.6 Å². The fraction of sp³-hybridized carbons (Fsp3) is 0.350. The van der Waals surface area contributed by atoms with Crippen molar-refractivity contribution in [1.29, 1.82) is 0 Å². The van der Waals surface area contributed by atoms with Crippen LogP contribution in [-0.2, 0) is 21.4 Å². The number of sulfonamides is 1. The van der Waals surface area contributed by atoms with Crippen molar-refractivity contribution in [3.8, 4) is 0 Å². The van der Waals surface area contributed by atoms with Crippen LogP contribution in [0, 0.1) is 0 Å². The van der Waals surface area contributed by atoms with Gasteiger partial charge in [0, 0.05) is 30.3 Å². The summed E-state index contributed by atoms with van der Waals surface area (Å²) < 4.78 is 26.3. The van der Waals surface area contributed by atoms with Gasteiger partial charge in [-0.2, -0.15) is 4.31 Å². The highest BCUT2D eigenvalue weighted by atomic mass is 35.5. The second kappa shape index (κ2) is 9.52. The molecule has 0 aliphatic heterocycles. The predicted octanol–water partition coefficient (Wildman–Crippen LogP) is 3.44. The highest BCUT2D eigenvalue weighted by molar-refractivity contribution is 7.89. The van der Waals surface area contributed by atoms with Crippen LogP contribution in [0.5, 0.6) is 0 Å². The fourth-order valence-electron chi connectivity index (χ4n) is 2.60. The quantitative estimate of drug-likeness (QED) is 0.706. The molecule has 152 valence electrons. The lowest BCUT2D eigenvalue weighted by Gasteiger charge is -2.21. The number of hydrogen-bond donors (Lipinski definition) is 1. The van der Waals surface area contributed by atoms with Gasteiger partial charge in [-0.05, 0) is 62.9 Å². The Morgan fingerprint density at radius 1 is 1.11 bits per heavy atom. The molecule has 1 N–H and O–H groups in total. The molecule has 2 rings (SSSR count). The molecular weight excluding hydrogens is 398 g/mol. The van der Waals surface area contributed by atoms with Crippen molar-refractivity contribution in [2.45, 2.75) is 31.3 Å². The summed E-state index contributed by atoms with van der Waals surface area (Å²) in [5.41, 5.74) is 1.57. The molecule has 2 aromatic carbocycles. The number of hydrogen-bond acceptors (Lipinski definition) is 4. The Morgan fingerprint density at radius 2 is 1.75 bits per heavy atom. The SMILES string of the molecule is CC(C)N(C)S(=O)(=O)c1ccc(NC(=O)CN(C)Cc2cccc(Cl)c2)cc1. The van der Waals surface area contributed by atoms with Gasteiger partial charge in [0.1, 0.15) is 0 Å². The highest BCUT2D eigenvalue weighted by Gasteiger charge is 2.22. The van der Waals surface area contributed by atoms with E-state index in [2.05, 4.69) is 5.32 Å². The van der Waals surface area contributed by atoms with E-state index >= 15 is 0 Å². The predicted molar refractivity (Wildman–Crippen MR) is 113 cm³/mol. The lowest BCUT2D eigenvalue weighted by Crippen LogP contribution is -2.33. The number of nitrogens with zero attached hydrogens (tertiary/aromatic N) is 2. The van der Waals surface area contributed by atoms with E-state index in [0.29, 0.717) is 17.3 Å². The Labute approximate surface area is 172 Å². The third-order valence-electron chi connectivity index (χ3n) is 4.30. The van der Waals surface area contributed by atoms with Gasteiger partial charge in [-0.25, -0.2) is 8.42 Å². The third-order valence-corrected chi connectivity index (χ3v) is 6.58. The average Bonchev–Trinajstić information content (AvgIpc) is 2.61. The Bertz CT molecular complexity index is 915. The van der Waals surface area contributed by atoms with Gasteiger partial charge >= 0.3 is 0 Å². The van der Waals surface area contributed by atoms with Gasteiger partial charge in [0.15, 0.2) is 0 Å². The molecule has 0 saturated carbocycles. The molecule has 0 aliphatic rings. The Hall–Kier alpha value is -1.93. The first-order valence-electron chi connectivity index (χ1n) is 8.90. The molecule has 0 unspecified atom stereocenters. The Kier molecular flexibility index (Phi) is 7.60. The van der Waals surface area contributed by atoms with Crippen LogP contribution in [-0.4, -0.2) is 50.2 Å². The second-order valence-electron chi connectivity index (χ2n) is 6.99. The molecule has 0 saturated heterocycles. The molecule has 28 heavy (non-hydrogen) atoms. The van der Waals surface area contributed by atoms with Crippen molar-refractivity contribution in [2.75, 3.05) is 26.0 Å². The van der Waals surface area contributed by atoms with Gasteiger partial charge in [-0.15, -0.1) is 0 Å². The number of likely N-dealkylation sites (N-methyl/N-ethyl adjacent to an activating group) is 1. The molecule has 0 spiro atoms. The molecule has 2 aromatic rings. The van der Waals surface area contributed by atoms with Crippen molar-refractivity contribution in [2.24, 2.45) is 0 Å². The summed E-state index contributed by atoms with van der Waals surface area (Å²) in [6.07, 6.45) is 0. The minimum absolute atomic E-state index is 0.139. The fourth-order valence-corrected chi connectivity index (χ4v) is 4.18. The van der Waals surface area contributed by atoms with Crippen molar-refractivity contribution >= 4 is 33.2 Å². The summed E-state index contributed by atoms with van der Waals surface area (Å²) in [5.74, 6) is -0.181. The third kappa shape index (κ3) is 6.04. The number of carbonyl (C=O) groups is 1. The van der Waals surface area contributed by atoms with Crippen LogP contribution in [0.2, 0.25) is 5.02 Å². The van der Waals surface area contributed by atoms with E-state index in [4.69, 9.17) is 11.6 Å². The summed E-state index contributed by atoms with van der Waals surface area (Å²) in [6.45, 7) is 4.41. The molecule has 1 amide bonds. The molecule has 8 heteroatoms. The number of nitrogens with one attached hydrogen (secondary N) is 1. The number of halogens is 1. The number of rotatable bonds is 8. The Morgan fingerprint density at radius 3 is 2.32 bits per heavy atom. The molecule has 0 atom stereocenters. The maximum atomic E-state index is 12.5. The zero-order valence-electron chi connectivity index (χ0n) is 16.5. The van der Waals surface area contributed by atoms with Crippen molar-refractivity contribution in [1.82, 2.24) is 9.21 Å². The Balaban J connectivity index is 1.95. The smallest absolute Gasteiger partial charge is 0.243 e. The first-order valence-corrected chi connectivity index (χ1v) is 10.7. The standard InChI is InChI=1S/C20H26ClN3O3S/c1-15(2)24(4)28(26,27)19-10-8-18(9-11-19)22-20(25)14-23(3)13-16-6-5-7-17(21)12-16/h5-12,15H,13-14H2,1-4H3,(H,22,25). The molecule has 6 nitrogen and oxygen atoms in total. The number of carbonyl (C=O) groups excluding carboxylic acids is 1. The number of amides is 1. The normalized spacial score (nSPS) is 12.0. The minimum Gasteiger partial charge on any atom is -0.325 e. The van der Waals surface area contributed by atoms with E-state index in [1.807, 2.05) is 44.0 Å². The van der Waals surface area contributed by atoms with E-state index in [-0.39, 0.29) is 23.4 Å². The van der Waals surface area contributed by atoms with E-state index in [9.17, 15) is 13.2 Å². The van der Waals surface area contributed by atoms with Gasteiger partial charge in [0.25, 0.3) is 0 Å². The molecule has 0 fully saturated rings. The highest BCUT2D eigenvalue weighted by Crippen LogP contribution is 2.19. The van der Waals surface area contributed by atoms with Crippen LogP contribution in [0.25, 0.3) is 0 Å². The topological polar surface area (TPSA) is 69.7 Å². The summed E-state index contributed by atoms with van der Waals surface area (Å²) >= 11 is 5.98. The zero-order valence-corrected chi connectivity index (χ0v) is 18.1. The maximum Gasteiger partial charge on any atom is 0.243 e. The summed E-state index contributed by atoms with van der Waals surface area (Å²) in [5, 5.41) is 3.45. The average molecular weight is 424 g/mol. The van der Waals surface area contributed by atoms with Crippen molar-refractivity contribution in [3.05, 3.63) is 59.1 Å². The van der Waals surface area contributed by atoms with Gasteiger partial charge in [0.05, 0.1) is 11.4 Å². The first-order chi connectivity index (χ1) is 13.1. The largest absolute Gasteiger partial charge is 0.325 e. The number of anilines is 1. The van der Waals surface area contributed by atoms with Crippen LogP contribution < -0.4 is 5.32 Å². The molecule has 0 aliphatic carbocycles. The van der Waals surface area contributed by atoms with Crippen molar-refractivity contribution in [3.63, 3.8) is 0 Å². The second-order valence-corrected chi connectivity index (χ2v) is 9.42. The van der Waals surface area contributed by atoms with E-state index in [0.717, 1.165) is 5.56 Å². The van der Waals surface area contributed by atoms with Crippen LogP contribution in [0.3, 0.4) is 0 Å². The summed E-state index contributed by atoms with van der Waals surface area (Å²) in [4.78, 5) is 14.3. The van der Waals surface area contributed by atoms with E-state index in [1.165, 1.54) is 16.4 Å². The van der Waals surface area contributed by atoms with Gasteiger partial charge in [-0.3, -0.25) is 9.69 Å². The molecule has 0 heterocycles. The monoisotopic (exact) mass is 423 g/mol. The molecule has 0 radical (unpaired) electrons. The first kappa shape index (κ1) is 22.4. The van der Waals surface area contributed by atoms with Crippen molar-refractivity contribution < 1.29 is 13.2 Å². The van der Waals surface area contributed by atoms with E-state index < -0.39 is 10.0 Å². The van der Waals surface area contributed by atoms with E-state index in [1.54, 1.807) is 25.2 Å². The van der Waals surface area contributed by atoms with Crippen LogP contribution in [0.1, 0.15) is 19.4 Å². The van der Waals surface area contributed by atoms with Gasteiger partial charge in [-0.1, -0.05) is 23.7 Å². The van der Waals surface area contributed by atoms with Gasteiger partial charge in [0.2, 0.25) is 15.9 Å². The van der Waals surface area contributed by atoms with Crippen LogP contribution in [0.4, 0.5) is 5.69 Å². The molecule has 0 bridgehead atoms.